The van der Waals surface area contributed by atoms with E-state index >= 15 is 0 Å². The summed E-state index contributed by atoms with van der Waals surface area (Å²) in [5.74, 6) is 0.519. The number of carbonyl (C=O) groups excluding carboxylic acids is 1. The van der Waals surface area contributed by atoms with Crippen LogP contribution < -0.4 is 10.6 Å². The lowest BCUT2D eigenvalue weighted by Crippen LogP contribution is -2.46. The van der Waals surface area contributed by atoms with Gasteiger partial charge in [-0.1, -0.05) is 19.9 Å². The van der Waals surface area contributed by atoms with Gasteiger partial charge in [-0.3, -0.25) is 10.1 Å². The summed E-state index contributed by atoms with van der Waals surface area (Å²) in [5, 5.41) is 8.43. The van der Waals surface area contributed by atoms with Crippen molar-refractivity contribution < 1.29 is 4.79 Å². The molecule has 1 aromatic rings. The Morgan fingerprint density at radius 1 is 1.22 bits per heavy atom. The molecule has 0 bridgehead atoms. The molecule has 1 heterocycles. The monoisotopic (exact) mass is 268 g/mol. The van der Waals surface area contributed by atoms with Gasteiger partial charge in [0.15, 0.2) is 0 Å². The Morgan fingerprint density at radius 2 is 1.89 bits per heavy atom. The minimum atomic E-state index is -0.179. The Hall–Kier alpha value is -0.870. The van der Waals surface area contributed by atoms with Gasteiger partial charge in [0, 0.05) is 17.0 Å². The van der Waals surface area contributed by atoms with Gasteiger partial charge in [0.2, 0.25) is 5.91 Å². The summed E-state index contributed by atoms with van der Waals surface area (Å²) in [7, 11) is 0. The van der Waals surface area contributed by atoms with E-state index < -0.39 is 0 Å². The molecule has 0 radical (unpaired) electrons. The fraction of sp³-hybridized carbons (Fsp3) is 0.643. The number of hydrogen-bond donors (Lipinski definition) is 2. The minimum Gasteiger partial charge on any atom is -0.353 e. The highest BCUT2D eigenvalue weighted by atomic mass is 32.1. The summed E-state index contributed by atoms with van der Waals surface area (Å²) in [6, 6.07) is 4.41. The Kier molecular flexibility index (Phi) is 5.82. The van der Waals surface area contributed by atoms with Crippen LogP contribution in [-0.4, -0.2) is 18.0 Å². The van der Waals surface area contributed by atoms with E-state index in [1.54, 1.807) is 11.3 Å². The Labute approximate surface area is 114 Å². The van der Waals surface area contributed by atoms with Gasteiger partial charge in [-0.05, 0) is 38.1 Å². The lowest BCUT2D eigenvalue weighted by atomic mass is 10.0. The third-order valence-electron chi connectivity index (χ3n) is 2.77. The van der Waals surface area contributed by atoms with Crippen LogP contribution in [0.2, 0.25) is 0 Å². The molecule has 0 spiro atoms. The molecule has 0 aromatic carbocycles. The second-order valence-electron chi connectivity index (χ2n) is 5.29. The number of hydrogen-bond acceptors (Lipinski definition) is 3. The van der Waals surface area contributed by atoms with Crippen LogP contribution in [0.15, 0.2) is 17.5 Å². The first-order chi connectivity index (χ1) is 8.41. The van der Waals surface area contributed by atoms with Gasteiger partial charge in [0.05, 0.1) is 6.04 Å². The van der Waals surface area contributed by atoms with E-state index in [1.165, 1.54) is 4.88 Å². The fourth-order valence-corrected chi connectivity index (χ4v) is 2.78. The summed E-state index contributed by atoms with van der Waals surface area (Å²) in [6.07, 6.45) is 0. The zero-order valence-corrected chi connectivity index (χ0v) is 12.7. The maximum Gasteiger partial charge on any atom is 0.237 e. The molecule has 18 heavy (non-hydrogen) atoms. The summed E-state index contributed by atoms with van der Waals surface area (Å²) in [4.78, 5) is 13.2. The molecule has 2 N–H and O–H groups in total. The molecule has 0 saturated heterocycles. The maximum atomic E-state index is 11.9. The van der Waals surface area contributed by atoms with Gasteiger partial charge in [0.25, 0.3) is 0 Å². The normalized spacial score (nSPS) is 14.8. The molecular weight excluding hydrogens is 244 g/mol. The van der Waals surface area contributed by atoms with Crippen molar-refractivity contribution in [1.29, 1.82) is 0 Å². The molecule has 2 unspecified atom stereocenters. The fourth-order valence-electron chi connectivity index (χ4n) is 1.83. The third kappa shape index (κ3) is 4.42. The summed E-state index contributed by atoms with van der Waals surface area (Å²) in [6.45, 7) is 10.2. The second-order valence-corrected chi connectivity index (χ2v) is 6.27. The van der Waals surface area contributed by atoms with Gasteiger partial charge < -0.3 is 5.32 Å². The first kappa shape index (κ1) is 15.2. The van der Waals surface area contributed by atoms with Gasteiger partial charge in [-0.2, -0.15) is 0 Å². The number of rotatable bonds is 6. The molecule has 0 aliphatic heterocycles. The zero-order valence-electron chi connectivity index (χ0n) is 11.9. The molecule has 1 amide bonds. The highest BCUT2D eigenvalue weighted by Crippen LogP contribution is 2.26. The quantitative estimate of drug-likeness (QED) is 0.833. The molecular formula is C14H24N2OS. The van der Waals surface area contributed by atoms with Crippen molar-refractivity contribution in [3.63, 3.8) is 0 Å². The molecule has 0 saturated carbocycles. The Morgan fingerprint density at radius 3 is 2.33 bits per heavy atom. The van der Waals surface area contributed by atoms with Crippen LogP contribution >= 0.6 is 11.3 Å². The highest BCUT2D eigenvalue weighted by Gasteiger charge is 2.22. The second kappa shape index (κ2) is 6.90. The van der Waals surface area contributed by atoms with Gasteiger partial charge in [0.1, 0.15) is 0 Å². The summed E-state index contributed by atoms with van der Waals surface area (Å²) >= 11 is 1.73. The molecule has 3 nitrogen and oxygen atoms in total. The van der Waals surface area contributed by atoms with Crippen LogP contribution in [0.4, 0.5) is 0 Å². The number of carbonyl (C=O) groups is 1. The standard InChI is InChI=1S/C14H24N2OS/c1-9(2)13(12-7-6-8-18-12)16-11(5)14(17)15-10(3)4/h6-11,13,16H,1-5H3,(H,15,17). The molecule has 102 valence electrons. The summed E-state index contributed by atoms with van der Waals surface area (Å²) in [5.41, 5.74) is 0. The topological polar surface area (TPSA) is 41.1 Å². The average molecular weight is 268 g/mol. The van der Waals surface area contributed by atoms with Crippen LogP contribution in [0.1, 0.15) is 45.5 Å². The largest absolute Gasteiger partial charge is 0.353 e. The predicted molar refractivity (Wildman–Crippen MR) is 77.8 cm³/mol. The van der Waals surface area contributed by atoms with E-state index in [0.717, 1.165) is 0 Å². The number of nitrogens with one attached hydrogen (secondary N) is 2. The van der Waals surface area contributed by atoms with Crippen molar-refractivity contribution in [1.82, 2.24) is 10.6 Å². The van der Waals surface area contributed by atoms with E-state index in [4.69, 9.17) is 0 Å². The predicted octanol–water partition coefficient (Wildman–Crippen LogP) is 2.95. The van der Waals surface area contributed by atoms with E-state index in [-0.39, 0.29) is 24.0 Å². The van der Waals surface area contributed by atoms with Gasteiger partial charge >= 0.3 is 0 Å². The maximum absolute atomic E-state index is 11.9. The van der Waals surface area contributed by atoms with Crippen LogP contribution in [0.5, 0.6) is 0 Å². The minimum absolute atomic E-state index is 0.0622. The lowest BCUT2D eigenvalue weighted by molar-refractivity contribution is -0.123. The zero-order chi connectivity index (χ0) is 13.7. The van der Waals surface area contributed by atoms with Crippen LogP contribution in [-0.2, 0) is 4.79 Å². The average Bonchev–Trinajstić information content (AvgIpc) is 2.77. The molecule has 0 aliphatic carbocycles. The summed E-state index contributed by atoms with van der Waals surface area (Å²) < 4.78 is 0. The Balaban J connectivity index is 2.65. The molecule has 0 fully saturated rings. The Bertz CT molecular complexity index is 360. The van der Waals surface area contributed by atoms with Crippen molar-refractivity contribution in [2.75, 3.05) is 0 Å². The molecule has 2 atom stereocenters. The molecule has 0 aliphatic rings. The molecule has 1 rings (SSSR count). The van der Waals surface area contributed by atoms with E-state index in [9.17, 15) is 4.79 Å². The van der Waals surface area contributed by atoms with Gasteiger partial charge in [-0.15, -0.1) is 11.3 Å². The number of amides is 1. The van der Waals surface area contributed by atoms with Crippen molar-refractivity contribution >= 4 is 17.2 Å². The van der Waals surface area contributed by atoms with Gasteiger partial charge in [-0.25, -0.2) is 0 Å². The first-order valence-corrected chi connectivity index (χ1v) is 7.39. The van der Waals surface area contributed by atoms with Crippen LogP contribution in [0.3, 0.4) is 0 Å². The SMILES string of the molecule is CC(C)NC(=O)C(C)NC(c1cccs1)C(C)C. The molecule has 4 heteroatoms. The van der Waals surface area contributed by atoms with Crippen LogP contribution in [0, 0.1) is 5.92 Å². The van der Waals surface area contributed by atoms with Crippen LogP contribution in [0.25, 0.3) is 0 Å². The van der Waals surface area contributed by atoms with E-state index in [0.29, 0.717) is 5.92 Å². The lowest BCUT2D eigenvalue weighted by Gasteiger charge is -2.25. The third-order valence-corrected chi connectivity index (χ3v) is 3.73. The number of thiophene rings is 1. The van der Waals surface area contributed by atoms with E-state index in [2.05, 4.69) is 42.0 Å². The van der Waals surface area contributed by atoms with Crippen molar-refractivity contribution in [2.24, 2.45) is 5.92 Å². The van der Waals surface area contributed by atoms with Crippen molar-refractivity contribution in [3.05, 3.63) is 22.4 Å². The van der Waals surface area contributed by atoms with Crippen molar-refractivity contribution in [3.8, 4) is 0 Å². The first-order valence-electron chi connectivity index (χ1n) is 6.51. The highest BCUT2D eigenvalue weighted by molar-refractivity contribution is 7.10. The van der Waals surface area contributed by atoms with E-state index in [1.807, 2.05) is 20.8 Å². The molecule has 1 aromatic heterocycles. The smallest absolute Gasteiger partial charge is 0.237 e. The van der Waals surface area contributed by atoms with Crippen molar-refractivity contribution in [2.45, 2.75) is 52.7 Å².